The lowest BCUT2D eigenvalue weighted by Gasteiger charge is -2.37. The minimum absolute atomic E-state index is 0.116. The Kier molecular flexibility index (Phi) is 6.85. The second-order valence-corrected chi connectivity index (χ2v) is 11.3. The minimum Gasteiger partial charge on any atom is -0.354 e. The highest BCUT2D eigenvalue weighted by atomic mass is 16.2. The van der Waals surface area contributed by atoms with Crippen molar-refractivity contribution in [1.82, 2.24) is 34.9 Å². The van der Waals surface area contributed by atoms with Crippen LogP contribution in [0.2, 0.25) is 0 Å². The monoisotopic (exact) mass is 527 g/mol. The summed E-state index contributed by atoms with van der Waals surface area (Å²) in [5.41, 5.74) is 6.86. The second kappa shape index (κ2) is 10.4. The maximum Gasteiger partial charge on any atom is 0.236 e. The van der Waals surface area contributed by atoms with Crippen LogP contribution in [0.5, 0.6) is 0 Å². The molecule has 204 valence electrons. The Morgan fingerprint density at radius 3 is 2.49 bits per heavy atom. The predicted molar refractivity (Wildman–Crippen MR) is 153 cm³/mol. The molecule has 39 heavy (non-hydrogen) atoms. The number of nitrogens with one attached hydrogen (secondary N) is 2. The SMILES string of the molecule is CC(=O)N1CCN(CC(=O)N2CCC(c3ccc4[nH]c(-c5ccnc6[nH]ncc56)c(C(C)C)c4c3)CC2)CC1. The van der Waals surface area contributed by atoms with Gasteiger partial charge in [-0.1, -0.05) is 19.9 Å². The Labute approximate surface area is 228 Å². The molecule has 9 nitrogen and oxygen atoms in total. The van der Waals surface area contributed by atoms with E-state index in [9.17, 15) is 9.59 Å². The number of aromatic amines is 2. The molecule has 1 aromatic carbocycles. The van der Waals surface area contributed by atoms with E-state index < -0.39 is 0 Å². The van der Waals surface area contributed by atoms with Gasteiger partial charge in [0.15, 0.2) is 5.65 Å². The number of benzene rings is 1. The van der Waals surface area contributed by atoms with Gasteiger partial charge in [0.1, 0.15) is 0 Å². The van der Waals surface area contributed by atoms with Gasteiger partial charge >= 0.3 is 0 Å². The zero-order chi connectivity index (χ0) is 27.1. The highest BCUT2D eigenvalue weighted by Gasteiger charge is 2.27. The van der Waals surface area contributed by atoms with Crippen molar-refractivity contribution in [2.75, 3.05) is 45.8 Å². The number of nitrogens with zero attached hydrogens (tertiary/aromatic N) is 5. The molecule has 2 fully saturated rings. The normalized spacial score (nSPS) is 17.5. The van der Waals surface area contributed by atoms with Crippen LogP contribution in [0.3, 0.4) is 0 Å². The van der Waals surface area contributed by atoms with E-state index in [-0.39, 0.29) is 11.8 Å². The number of amides is 2. The molecule has 5 heterocycles. The van der Waals surface area contributed by atoms with Gasteiger partial charge in [-0.15, -0.1) is 0 Å². The number of aromatic nitrogens is 4. The van der Waals surface area contributed by atoms with Crippen molar-refractivity contribution in [2.45, 2.75) is 45.4 Å². The van der Waals surface area contributed by atoms with Gasteiger partial charge in [0.2, 0.25) is 11.8 Å². The first-order chi connectivity index (χ1) is 18.9. The molecule has 2 aliphatic heterocycles. The molecule has 0 bridgehead atoms. The van der Waals surface area contributed by atoms with Gasteiger partial charge in [-0.25, -0.2) is 4.98 Å². The minimum atomic E-state index is 0.116. The number of carbonyl (C=O) groups excluding carboxylic acids is 2. The van der Waals surface area contributed by atoms with E-state index in [4.69, 9.17) is 0 Å². The number of likely N-dealkylation sites (tertiary alicyclic amines) is 1. The molecule has 0 atom stereocenters. The molecule has 2 amide bonds. The predicted octanol–water partition coefficient (Wildman–Crippen LogP) is 4.10. The third-order valence-corrected chi connectivity index (χ3v) is 8.56. The number of piperidine rings is 1. The van der Waals surface area contributed by atoms with Crippen LogP contribution in [0.4, 0.5) is 0 Å². The van der Waals surface area contributed by atoms with Gasteiger partial charge < -0.3 is 14.8 Å². The zero-order valence-electron chi connectivity index (χ0n) is 23.0. The number of fused-ring (bicyclic) bond motifs is 2. The van der Waals surface area contributed by atoms with Crippen LogP contribution in [0.25, 0.3) is 33.2 Å². The quantitative estimate of drug-likeness (QED) is 0.407. The lowest BCUT2D eigenvalue weighted by atomic mass is 9.87. The molecule has 3 aromatic heterocycles. The summed E-state index contributed by atoms with van der Waals surface area (Å²) >= 11 is 0. The lowest BCUT2D eigenvalue weighted by Crippen LogP contribution is -2.51. The van der Waals surface area contributed by atoms with Crippen LogP contribution >= 0.6 is 0 Å². The molecule has 9 heteroatoms. The summed E-state index contributed by atoms with van der Waals surface area (Å²) in [6, 6.07) is 8.90. The van der Waals surface area contributed by atoms with Crippen LogP contribution < -0.4 is 0 Å². The average molecular weight is 528 g/mol. The number of pyridine rings is 1. The number of H-pyrrole nitrogens is 2. The fraction of sp³-hybridized carbons (Fsp3) is 0.467. The van der Waals surface area contributed by atoms with E-state index in [0.29, 0.717) is 31.5 Å². The van der Waals surface area contributed by atoms with Gasteiger partial charge in [0, 0.05) is 74.2 Å². The van der Waals surface area contributed by atoms with Crippen LogP contribution in [0.1, 0.15) is 56.6 Å². The number of piperazine rings is 1. The van der Waals surface area contributed by atoms with E-state index in [2.05, 4.69) is 63.2 Å². The Balaban J connectivity index is 1.16. The van der Waals surface area contributed by atoms with Gasteiger partial charge in [-0.05, 0) is 54.0 Å². The molecule has 2 aliphatic rings. The van der Waals surface area contributed by atoms with E-state index in [1.54, 1.807) is 6.92 Å². The van der Waals surface area contributed by atoms with Crippen LogP contribution in [-0.2, 0) is 9.59 Å². The Morgan fingerprint density at radius 1 is 1.00 bits per heavy atom. The van der Waals surface area contributed by atoms with Gasteiger partial charge in [-0.3, -0.25) is 19.6 Å². The third-order valence-electron chi connectivity index (χ3n) is 8.56. The Hall–Kier alpha value is -3.72. The van der Waals surface area contributed by atoms with Crippen LogP contribution in [0, 0.1) is 0 Å². The number of rotatable bonds is 5. The Morgan fingerprint density at radius 2 is 1.77 bits per heavy atom. The highest BCUT2D eigenvalue weighted by Crippen LogP contribution is 2.39. The summed E-state index contributed by atoms with van der Waals surface area (Å²) in [4.78, 5) is 38.8. The van der Waals surface area contributed by atoms with Crippen molar-refractivity contribution < 1.29 is 9.59 Å². The van der Waals surface area contributed by atoms with Gasteiger partial charge in [0.25, 0.3) is 0 Å². The molecule has 0 spiro atoms. The highest BCUT2D eigenvalue weighted by molar-refractivity contribution is 5.98. The molecule has 4 aromatic rings. The average Bonchev–Trinajstić information content (AvgIpc) is 3.58. The number of hydrogen-bond acceptors (Lipinski definition) is 5. The van der Waals surface area contributed by atoms with E-state index in [1.807, 2.05) is 22.2 Å². The summed E-state index contributed by atoms with van der Waals surface area (Å²) < 4.78 is 0. The standard InChI is InChI=1S/C30H37N7O2/c1-19(2)28-24-16-22(4-5-26(24)33-29(28)23-6-9-31-30-25(23)17-32-34-30)21-7-10-37(11-8-21)27(39)18-35-12-14-36(15-13-35)20(3)38/h4-6,9,16-17,19,21,33H,7-8,10-15,18H2,1-3H3,(H,31,32,34). The summed E-state index contributed by atoms with van der Waals surface area (Å²) in [7, 11) is 0. The summed E-state index contributed by atoms with van der Waals surface area (Å²) in [6.45, 7) is 11.1. The van der Waals surface area contributed by atoms with Crippen molar-refractivity contribution in [3.8, 4) is 11.3 Å². The lowest BCUT2D eigenvalue weighted by molar-refractivity contribution is -0.135. The summed E-state index contributed by atoms with van der Waals surface area (Å²) in [5.74, 6) is 1.11. The van der Waals surface area contributed by atoms with E-state index in [1.165, 1.54) is 16.5 Å². The van der Waals surface area contributed by atoms with Crippen LogP contribution in [0.15, 0.2) is 36.7 Å². The number of carbonyl (C=O) groups is 2. The van der Waals surface area contributed by atoms with Gasteiger partial charge in [-0.2, -0.15) is 5.10 Å². The zero-order valence-corrected chi connectivity index (χ0v) is 23.0. The first kappa shape index (κ1) is 25.6. The molecule has 0 radical (unpaired) electrons. The molecule has 0 unspecified atom stereocenters. The second-order valence-electron chi connectivity index (χ2n) is 11.3. The number of hydrogen-bond donors (Lipinski definition) is 2. The fourth-order valence-corrected chi connectivity index (χ4v) is 6.34. The maximum atomic E-state index is 13.0. The molecule has 2 saturated heterocycles. The Bertz CT molecular complexity index is 1500. The topological polar surface area (TPSA) is 101 Å². The van der Waals surface area contributed by atoms with Crippen molar-refractivity contribution in [2.24, 2.45) is 0 Å². The smallest absolute Gasteiger partial charge is 0.236 e. The van der Waals surface area contributed by atoms with Crippen molar-refractivity contribution >= 4 is 33.8 Å². The molecule has 2 N–H and O–H groups in total. The molecular formula is C30H37N7O2. The molecule has 0 saturated carbocycles. The first-order valence-corrected chi connectivity index (χ1v) is 14.1. The van der Waals surface area contributed by atoms with E-state index in [0.717, 1.165) is 66.8 Å². The van der Waals surface area contributed by atoms with Crippen molar-refractivity contribution in [1.29, 1.82) is 0 Å². The van der Waals surface area contributed by atoms with E-state index >= 15 is 0 Å². The first-order valence-electron chi connectivity index (χ1n) is 14.1. The van der Waals surface area contributed by atoms with Crippen LogP contribution in [-0.4, -0.2) is 92.5 Å². The molecule has 0 aliphatic carbocycles. The maximum absolute atomic E-state index is 13.0. The molecular weight excluding hydrogens is 490 g/mol. The third kappa shape index (κ3) is 4.91. The van der Waals surface area contributed by atoms with Gasteiger partial charge in [0.05, 0.1) is 18.4 Å². The van der Waals surface area contributed by atoms with Crippen molar-refractivity contribution in [3.63, 3.8) is 0 Å². The summed E-state index contributed by atoms with van der Waals surface area (Å²) in [5, 5.41) is 9.48. The molecule has 6 rings (SSSR count). The largest absolute Gasteiger partial charge is 0.354 e. The fourth-order valence-electron chi connectivity index (χ4n) is 6.34. The summed E-state index contributed by atoms with van der Waals surface area (Å²) in [6.07, 6.45) is 5.63. The van der Waals surface area contributed by atoms with Crippen molar-refractivity contribution in [3.05, 3.63) is 47.8 Å².